The van der Waals surface area contributed by atoms with Gasteiger partial charge in [0.2, 0.25) is 0 Å². The van der Waals surface area contributed by atoms with E-state index in [9.17, 15) is 24.0 Å². The third-order valence-electron chi connectivity index (χ3n) is 9.46. The highest BCUT2D eigenvalue weighted by atomic mass is 28.3. The van der Waals surface area contributed by atoms with Gasteiger partial charge in [-0.2, -0.15) is 0 Å². The second-order valence-corrected chi connectivity index (χ2v) is 27.6. The van der Waals surface area contributed by atoms with Gasteiger partial charge in [-0.05, 0) is 92.4 Å². The van der Waals surface area contributed by atoms with E-state index in [4.69, 9.17) is 18.9 Å². The molecule has 2 aromatic carbocycles. The van der Waals surface area contributed by atoms with E-state index in [0.717, 1.165) is 82.7 Å². The molecule has 2 aromatic rings. The highest BCUT2D eigenvalue weighted by molar-refractivity contribution is 6.76. The van der Waals surface area contributed by atoms with Crippen LogP contribution >= 0.6 is 0 Å². The lowest BCUT2D eigenvalue weighted by atomic mass is 9.89. The number of aldehydes is 3. The Hall–Kier alpha value is -4.10. The lowest BCUT2D eigenvalue weighted by Gasteiger charge is -2.22. The molecule has 0 radical (unpaired) electrons. The summed E-state index contributed by atoms with van der Waals surface area (Å²) in [5, 5.41) is 0. The van der Waals surface area contributed by atoms with Gasteiger partial charge >= 0.3 is 11.9 Å². The fourth-order valence-corrected chi connectivity index (χ4v) is 7.70. The molecule has 0 aliphatic carbocycles. The molecular formula is C43H62O9Si2. The van der Waals surface area contributed by atoms with Crippen LogP contribution in [0.3, 0.4) is 0 Å². The molecule has 296 valence electrons. The minimum atomic E-state index is -1.25. The normalized spacial score (nSPS) is 13.3. The van der Waals surface area contributed by atoms with Crippen LogP contribution in [0.2, 0.25) is 51.4 Å². The smallest absolute Gasteiger partial charge is 0.342 e. The zero-order chi connectivity index (χ0) is 41.0. The summed E-state index contributed by atoms with van der Waals surface area (Å²) in [5.41, 5.74) is 10.6. The van der Waals surface area contributed by atoms with Crippen LogP contribution in [0.4, 0.5) is 0 Å². The number of ether oxygens (including phenoxy) is 4. The Labute approximate surface area is 324 Å². The van der Waals surface area contributed by atoms with Gasteiger partial charge in [0.1, 0.15) is 54.7 Å². The molecule has 54 heavy (non-hydrogen) atoms. The van der Waals surface area contributed by atoms with Crippen LogP contribution in [0.5, 0.6) is 11.5 Å². The number of carbonyl (C=O) groups is 5. The van der Waals surface area contributed by atoms with Crippen molar-refractivity contribution < 1.29 is 42.9 Å². The number of esters is 2. The van der Waals surface area contributed by atoms with Crippen molar-refractivity contribution in [3.05, 3.63) is 79.4 Å². The molecule has 11 heteroatoms. The molecule has 0 spiro atoms. The summed E-state index contributed by atoms with van der Waals surface area (Å²) in [6.45, 7) is 30.5. The molecule has 2 aliphatic heterocycles. The average molecular weight is 779 g/mol. The summed E-state index contributed by atoms with van der Waals surface area (Å²) in [4.78, 5) is 56.1. The second-order valence-electron chi connectivity index (χ2n) is 16.3. The van der Waals surface area contributed by atoms with Crippen molar-refractivity contribution in [2.45, 2.75) is 132 Å². The molecule has 9 nitrogen and oxygen atoms in total. The van der Waals surface area contributed by atoms with E-state index < -0.39 is 16.1 Å². The van der Waals surface area contributed by atoms with E-state index >= 15 is 0 Å². The minimum absolute atomic E-state index is 0.271. The third kappa shape index (κ3) is 12.5. The summed E-state index contributed by atoms with van der Waals surface area (Å²) < 4.78 is 22.8. The Kier molecular flexibility index (Phi) is 17.5. The maximum atomic E-state index is 12.4. The van der Waals surface area contributed by atoms with Crippen LogP contribution in [0.25, 0.3) is 0 Å². The summed E-state index contributed by atoms with van der Waals surface area (Å²) >= 11 is 0. The predicted molar refractivity (Wildman–Crippen MR) is 221 cm³/mol. The van der Waals surface area contributed by atoms with Gasteiger partial charge in [0.25, 0.3) is 0 Å². The molecule has 0 bridgehead atoms. The number of fused-ring (bicyclic) bond motifs is 2. The number of allylic oxidation sites excluding steroid dienone is 3. The van der Waals surface area contributed by atoms with Gasteiger partial charge in [0, 0.05) is 44.8 Å². The fourth-order valence-electron chi connectivity index (χ4n) is 6.27. The SMILES string of the molecule is C=C(C)C=O.CCc1c(C)c2c(c(OCC[Si](C)(C)C)c1C/C=C(\C)C=O)C(=O)OC2.CCc1c(C)c2c(c(OCC[Si](C)(C)C)c1CC=O)C(=O)OC2. The first-order valence-electron chi connectivity index (χ1n) is 18.9. The monoisotopic (exact) mass is 778 g/mol. The van der Waals surface area contributed by atoms with E-state index in [1.807, 2.05) is 19.9 Å². The van der Waals surface area contributed by atoms with E-state index in [2.05, 4.69) is 59.7 Å². The second kappa shape index (κ2) is 20.5. The molecule has 0 saturated heterocycles. The van der Waals surface area contributed by atoms with E-state index in [-0.39, 0.29) is 18.4 Å². The average Bonchev–Trinajstić information content (AvgIpc) is 3.68. The topological polar surface area (TPSA) is 122 Å². The molecule has 2 aliphatic rings. The van der Waals surface area contributed by atoms with Gasteiger partial charge in [-0.3, -0.25) is 9.59 Å². The Bertz CT molecular complexity index is 1760. The lowest BCUT2D eigenvalue weighted by molar-refractivity contribution is -0.107. The zero-order valence-electron chi connectivity index (χ0n) is 34.8. The number of benzene rings is 2. The van der Waals surface area contributed by atoms with Crippen LogP contribution in [-0.2, 0) is 62.8 Å². The summed E-state index contributed by atoms with van der Waals surface area (Å²) in [7, 11) is -2.48. The standard InChI is InChI=1S/C21H30O4Si.C18H26O4Si.C4H6O/c1-7-16-15(3)18-13-25-21(23)19(18)20(24-10-11-26(4,5)6)17(16)9-8-14(2)12-22;1-6-13-12(2)15-11-22-18(20)16(15)17(14(13)7-8-19)21-9-10-23(3,4)5;1-4(2)3-5/h8,12H,7,9-11,13H2,1-6H3;8H,6-7,9-11H2,1-5H3;3H,1H2,2H3/b14-8+;;. The van der Waals surface area contributed by atoms with Crippen molar-refractivity contribution in [1.29, 1.82) is 0 Å². The molecule has 0 unspecified atom stereocenters. The number of rotatable bonds is 16. The molecule has 0 atom stereocenters. The Morgan fingerprint density at radius 1 is 0.685 bits per heavy atom. The fraction of sp³-hybridized carbons (Fsp3) is 0.512. The van der Waals surface area contributed by atoms with Crippen molar-refractivity contribution in [3.63, 3.8) is 0 Å². The van der Waals surface area contributed by atoms with Crippen molar-refractivity contribution in [3.8, 4) is 11.5 Å². The van der Waals surface area contributed by atoms with Gasteiger partial charge in [-0.25, -0.2) is 9.59 Å². The molecule has 0 aromatic heterocycles. The maximum absolute atomic E-state index is 12.4. The summed E-state index contributed by atoms with van der Waals surface area (Å²) in [6.07, 6.45) is 6.86. The molecule has 0 fully saturated rings. The van der Waals surface area contributed by atoms with Crippen molar-refractivity contribution >= 4 is 46.9 Å². The van der Waals surface area contributed by atoms with Crippen LogP contribution in [0, 0.1) is 13.8 Å². The largest absolute Gasteiger partial charge is 0.493 e. The number of cyclic esters (lactones) is 2. The Morgan fingerprint density at radius 3 is 1.39 bits per heavy atom. The van der Waals surface area contributed by atoms with Crippen molar-refractivity contribution in [2.75, 3.05) is 13.2 Å². The van der Waals surface area contributed by atoms with Gasteiger partial charge in [0.15, 0.2) is 0 Å². The first-order valence-corrected chi connectivity index (χ1v) is 26.3. The summed E-state index contributed by atoms with van der Waals surface area (Å²) in [6, 6.07) is 2.03. The van der Waals surface area contributed by atoms with Crippen molar-refractivity contribution in [1.82, 2.24) is 0 Å². The van der Waals surface area contributed by atoms with Crippen LogP contribution in [0.15, 0.2) is 23.8 Å². The third-order valence-corrected chi connectivity index (χ3v) is 12.9. The zero-order valence-corrected chi connectivity index (χ0v) is 36.8. The number of carbonyl (C=O) groups excluding carboxylic acids is 5. The molecule has 0 saturated carbocycles. The van der Waals surface area contributed by atoms with Gasteiger partial charge in [-0.15, -0.1) is 0 Å². The van der Waals surface area contributed by atoms with Gasteiger partial charge < -0.3 is 23.7 Å². The quantitative estimate of drug-likeness (QED) is 0.0711. The number of hydrogen-bond acceptors (Lipinski definition) is 9. The van der Waals surface area contributed by atoms with E-state index in [1.165, 1.54) is 5.56 Å². The molecular weight excluding hydrogens is 717 g/mol. The highest BCUT2D eigenvalue weighted by Gasteiger charge is 2.33. The summed E-state index contributed by atoms with van der Waals surface area (Å²) in [5.74, 6) is 0.612. The predicted octanol–water partition coefficient (Wildman–Crippen LogP) is 9.08. The first kappa shape index (κ1) is 46.1. The van der Waals surface area contributed by atoms with E-state index in [0.29, 0.717) is 66.6 Å². The molecule has 4 rings (SSSR count). The highest BCUT2D eigenvalue weighted by Crippen LogP contribution is 2.40. The van der Waals surface area contributed by atoms with Gasteiger partial charge in [0.05, 0.1) is 13.2 Å². The van der Waals surface area contributed by atoms with E-state index in [1.54, 1.807) is 13.8 Å². The van der Waals surface area contributed by atoms with Crippen LogP contribution in [-0.4, -0.2) is 60.2 Å². The molecule has 0 N–H and O–H groups in total. The number of hydrogen-bond donors (Lipinski definition) is 0. The molecule has 2 heterocycles. The van der Waals surface area contributed by atoms with Crippen molar-refractivity contribution in [2.24, 2.45) is 0 Å². The first-order chi connectivity index (χ1) is 25.3. The lowest BCUT2D eigenvalue weighted by Crippen LogP contribution is -2.23. The minimum Gasteiger partial charge on any atom is -0.493 e. The Balaban J connectivity index is 0.000000334. The van der Waals surface area contributed by atoms with Gasteiger partial charge in [-0.1, -0.05) is 65.8 Å². The van der Waals surface area contributed by atoms with Crippen LogP contribution in [0.1, 0.15) is 92.9 Å². The molecule has 0 amide bonds. The Morgan fingerprint density at radius 2 is 1.07 bits per heavy atom. The van der Waals surface area contributed by atoms with Crippen LogP contribution < -0.4 is 9.47 Å². The maximum Gasteiger partial charge on any atom is 0.342 e.